The number of fused-ring (bicyclic) bond motifs is 1. The predicted octanol–water partition coefficient (Wildman–Crippen LogP) is 4.44. The average Bonchev–Trinajstić information content (AvgIpc) is 2.76. The minimum atomic E-state index is 0.383. The molecule has 3 heteroatoms. The Bertz CT molecular complexity index is 622. The highest BCUT2D eigenvalue weighted by molar-refractivity contribution is 9.10. The molecule has 2 aromatic rings. The van der Waals surface area contributed by atoms with E-state index in [1.165, 1.54) is 16.7 Å². The van der Waals surface area contributed by atoms with Gasteiger partial charge in [0, 0.05) is 15.8 Å². The summed E-state index contributed by atoms with van der Waals surface area (Å²) in [6.45, 7) is 2.11. The summed E-state index contributed by atoms with van der Waals surface area (Å²) in [6.07, 6.45) is 2.22. The number of nitrogens with one attached hydrogen (secondary N) is 1. The monoisotopic (exact) mass is 316 g/mol. The molecule has 0 heterocycles. The van der Waals surface area contributed by atoms with Crippen LogP contribution in [0.4, 0.5) is 11.4 Å². The summed E-state index contributed by atoms with van der Waals surface area (Å²) in [5, 5.41) is 3.64. The van der Waals surface area contributed by atoms with E-state index in [0.717, 1.165) is 28.7 Å². The summed E-state index contributed by atoms with van der Waals surface area (Å²) < 4.78 is 1.11. The molecule has 0 saturated heterocycles. The molecule has 0 fully saturated rings. The zero-order valence-corrected chi connectivity index (χ0v) is 12.5. The Balaban J connectivity index is 1.88. The van der Waals surface area contributed by atoms with Crippen molar-refractivity contribution in [1.82, 2.24) is 0 Å². The largest absolute Gasteiger partial charge is 0.399 e. The zero-order valence-electron chi connectivity index (χ0n) is 10.9. The number of benzene rings is 2. The van der Waals surface area contributed by atoms with Crippen molar-refractivity contribution in [2.45, 2.75) is 25.8 Å². The molecule has 98 valence electrons. The van der Waals surface area contributed by atoms with Crippen molar-refractivity contribution < 1.29 is 0 Å². The van der Waals surface area contributed by atoms with E-state index < -0.39 is 0 Å². The van der Waals surface area contributed by atoms with E-state index in [1.54, 1.807) is 0 Å². The summed E-state index contributed by atoms with van der Waals surface area (Å²) in [7, 11) is 0. The Labute approximate surface area is 122 Å². The van der Waals surface area contributed by atoms with E-state index in [-0.39, 0.29) is 0 Å². The minimum Gasteiger partial charge on any atom is -0.399 e. The normalized spacial score (nSPS) is 17.3. The second kappa shape index (κ2) is 4.89. The third kappa shape index (κ3) is 2.47. The first kappa shape index (κ1) is 12.5. The summed E-state index contributed by atoms with van der Waals surface area (Å²) in [5.41, 5.74) is 11.9. The van der Waals surface area contributed by atoms with Crippen LogP contribution in [0.5, 0.6) is 0 Å². The van der Waals surface area contributed by atoms with Crippen LogP contribution in [0.3, 0.4) is 0 Å². The number of hydrogen-bond donors (Lipinski definition) is 2. The molecule has 0 saturated carbocycles. The molecule has 0 bridgehead atoms. The Morgan fingerprint density at radius 3 is 2.89 bits per heavy atom. The molecule has 1 atom stereocenters. The average molecular weight is 317 g/mol. The molecule has 3 N–H and O–H groups in total. The summed E-state index contributed by atoms with van der Waals surface area (Å²) in [5.74, 6) is 0. The smallest absolute Gasteiger partial charge is 0.0520 e. The van der Waals surface area contributed by atoms with Gasteiger partial charge in [0.05, 0.1) is 6.04 Å². The van der Waals surface area contributed by atoms with Gasteiger partial charge >= 0.3 is 0 Å². The SMILES string of the molecule is Cc1ccc(Br)c(NC2CCc3cc(N)ccc32)c1. The van der Waals surface area contributed by atoms with E-state index in [2.05, 4.69) is 58.5 Å². The molecule has 3 rings (SSSR count). The minimum absolute atomic E-state index is 0.383. The lowest BCUT2D eigenvalue weighted by molar-refractivity contribution is 0.761. The van der Waals surface area contributed by atoms with Gasteiger partial charge in [-0.2, -0.15) is 0 Å². The number of aryl methyl sites for hydroxylation is 2. The lowest BCUT2D eigenvalue weighted by atomic mass is 10.1. The standard InChI is InChI=1S/C16H17BrN2/c1-10-2-6-14(17)16(8-10)19-15-7-3-11-9-12(18)4-5-13(11)15/h2,4-6,8-9,15,19H,3,7,18H2,1H3. The van der Waals surface area contributed by atoms with E-state index in [1.807, 2.05) is 6.07 Å². The predicted molar refractivity (Wildman–Crippen MR) is 84.4 cm³/mol. The summed E-state index contributed by atoms with van der Waals surface area (Å²) >= 11 is 3.61. The molecule has 2 aromatic carbocycles. The maximum Gasteiger partial charge on any atom is 0.0520 e. The van der Waals surface area contributed by atoms with Crippen molar-refractivity contribution in [3.8, 4) is 0 Å². The van der Waals surface area contributed by atoms with Gasteiger partial charge in [-0.25, -0.2) is 0 Å². The molecule has 0 spiro atoms. The molecule has 0 aliphatic heterocycles. The number of hydrogen-bond acceptors (Lipinski definition) is 2. The first-order chi connectivity index (χ1) is 9.13. The van der Waals surface area contributed by atoms with Gasteiger partial charge < -0.3 is 11.1 Å². The van der Waals surface area contributed by atoms with Crippen LogP contribution in [0.15, 0.2) is 40.9 Å². The lowest BCUT2D eigenvalue weighted by Crippen LogP contribution is -2.07. The van der Waals surface area contributed by atoms with E-state index >= 15 is 0 Å². The first-order valence-corrected chi connectivity index (χ1v) is 7.34. The van der Waals surface area contributed by atoms with Crippen LogP contribution in [-0.4, -0.2) is 0 Å². The highest BCUT2D eigenvalue weighted by atomic mass is 79.9. The van der Waals surface area contributed by atoms with Crippen molar-refractivity contribution >= 4 is 27.3 Å². The molecule has 19 heavy (non-hydrogen) atoms. The van der Waals surface area contributed by atoms with Crippen LogP contribution in [0.1, 0.15) is 29.2 Å². The maximum absolute atomic E-state index is 5.84. The topological polar surface area (TPSA) is 38.0 Å². The number of nitrogen functional groups attached to an aromatic ring is 1. The zero-order chi connectivity index (χ0) is 13.4. The number of nitrogens with two attached hydrogens (primary N) is 1. The Kier molecular flexibility index (Phi) is 3.23. The number of rotatable bonds is 2. The lowest BCUT2D eigenvalue weighted by Gasteiger charge is -2.17. The van der Waals surface area contributed by atoms with Gasteiger partial charge in [0.15, 0.2) is 0 Å². The quantitative estimate of drug-likeness (QED) is 0.804. The van der Waals surface area contributed by atoms with Crippen LogP contribution in [0.2, 0.25) is 0 Å². The third-order valence-electron chi connectivity index (χ3n) is 3.70. The van der Waals surface area contributed by atoms with E-state index in [4.69, 9.17) is 5.73 Å². The molecule has 1 aliphatic carbocycles. The third-order valence-corrected chi connectivity index (χ3v) is 4.39. The highest BCUT2D eigenvalue weighted by Gasteiger charge is 2.22. The molecule has 1 aliphatic rings. The van der Waals surface area contributed by atoms with Crippen molar-refractivity contribution in [3.05, 3.63) is 57.6 Å². The van der Waals surface area contributed by atoms with Crippen LogP contribution in [0, 0.1) is 6.92 Å². The molecule has 2 nitrogen and oxygen atoms in total. The van der Waals surface area contributed by atoms with Gasteiger partial charge in [0.1, 0.15) is 0 Å². The van der Waals surface area contributed by atoms with Gasteiger partial charge in [0.2, 0.25) is 0 Å². The van der Waals surface area contributed by atoms with Crippen LogP contribution < -0.4 is 11.1 Å². The second-order valence-corrected chi connectivity index (χ2v) is 6.03. The van der Waals surface area contributed by atoms with Gasteiger partial charge in [-0.15, -0.1) is 0 Å². The molecule has 0 aromatic heterocycles. The highest BCUT2D eigenvalue weighted by Crippen LogP contribution is 2.36. The Morgan fingerprint density at radius 1 is 1.21 bits per heavy atom. The molecular weight excluding hydrogens is 300 g/mol. The van der Waals surface area contributed by atoms with Crippen LogP contribution in [0.25, 0.3) is 0 Å². The maximum atomic E-state index is 5.84. The van der Waals surface area contributed by atoms with Crippen molar-refractivity contribution in [1.29, 1.82) is 0 Å². The van der Waals surface area contributed by atoms with E-state index in [0.29, 0.717) is 6.04 Å². The van der Waals surface area contributed by atoms with Crippen LogP contribution in [-0.2, 0) is 6.42 Å². The molecule has 0 radical (unpaired) electrons. The number of halogens is 1. The van der Waals surface area contributed by atoms with Crippen molar-refractivity contribution in [3.63, 3.8) is 0 Å². The first-order valence-electron chi connectivity index (χ1n) is 6.54. The second-order valence-electron chi connectivity index (χ2n) is 5.18. The van der Waals surface area contributed by atoms with Gasteiger partial charge in [0.25, 0.3) is 0 Å². The molecule has 0 amide bonds. The molecular formula is C16H17BrN2. The van der Waals surface area contributed by atoms with Gasteiger partial charge in [-0.3, -0.25) is 0 Å². The Hall–Kier alpha value is -1.48. The van der Waals surface area contributed by atoms with Crippen molar-refractivity contribution in [2.75, 3.05) is 11.1 Å². The summed E-state index contributed by atoms with van der Waals surface area (Å²) in [6, 6.07) is 13.0. The number of anilines is 2. The van der Waals surface area contributed by atoms with E-state index in [9.17, 15) is 0 Å². The summed E-state index contributed by atoms with van der Waals surface area (Å²) in [4.78, 5) is 0. The Morgan fingerprint density at radius 2 is 2.05 bits per heavy atom. The van der Waals surface area contributed by atoms with Crippen molar-refractivity contribution in [2.24, 2.45) is 0 Å². The van der Waals surface area contributed by atoms with Crippen LogP contribution >= 0.6 is 15.9 Å². The molecule has 1 unspecified atom stereocenters. The fourth-order valence-electron chi connectivity index (χ4n) is 2.72. The fourth-order valence-corrected chi connectivity index (χ4v) is 3.09. The fraction of sp³-hybridized carbons (Fsp3) is 0.250. The van der Waals surface area contributed by atoms with Gasteiger partial charge in [-0.1, -0.05) is 12.1 Å². The van der Waals surface area contributed by atoms with Gasteiger partial charge in [-0.05, 0) is 76.7 Å².